The van der Waals surface area contributed by atoms with E-state index in [4.69, 9.17) is 28.3 Å². The van der Waals surface area contributed by atoms with Gasteiger partial charge in [0.05, 0.1) is 22.4 Å². The highest BCUT2D eigenvalue weighted by molar-refractivity contribution is 6.37. The van der Waals surface area contributed by atoms with Gasteiger partial charge in [0, 0.05) is 18.1 Å². The normalized spacial score (nSPS) is 18.1. The van der Waals surface area contributed by atoms with Gasteiger partial charge >= 0.3 is 12.0 Å². The van der Waals surface area contributed by atoms with Gasteiger partial charge in [0.2, 0.25) is 0 Å². The predicted octanol–water partition coefficient (Wildman–Crippen LogP) is 2.29. The first kappa shape index (κ1) is 14.9. The van der Waals surface area contributed by atoms with E-state index in [0.29, 0.717) is 13.0 Å². The molecule has 0 bridgehead atoms. The minimum Gasteiger partial charge on any atom is -0.478 e. The van der Waals surface area contributed by atoms with Crippen LogP contribution >= 0.6 is 23.2 Å². The number of hydrogen-bond acceptors (Lipinski definition) is 3. The lowest BCUT2D eigenvalue weighted by Gasteiger charge is -2.18. The van der Waals surface area contributed by atoms with Crippen LogP contribution in [-0.2, 0) is 0 Å². The third kappa shape index (κ3) is 3.15. The van der Waals surface area contributed by atoms with E-state index in [9.17, 15) is 14.7 Å². The van der Waals surface area contributed by atoms with Crippen molar-refractivity contribution in [2.24, 2.45) is 0 Å². The van der Waals surface area contributed by atoms with Gasteiger partial charge in [-0.3, -0.25) is 0 Å². The third-order valence-electron chi connectivity index (χ3n) is 2.97. The Morgan fingerprint density at radius 1 is 1.35 bits per heavy atom. The molecule has 8 heteroatoms. The van der Waals surface area contributed by atoms with Crippen molar-refractivity contribution in [3.05, 3.63) is 27.7 Å². The molecule has 1 aliphatic rings. The van der Waals surface area contributed by atoms with Crippen molar-refractivity contribution in [3.8, 4) is 0 Å². The molecule has 108 valence electrons. The number of amides is 2. The number of likely N-dealkylation sites (tertiary alicyclic amines) is 1. The molecule has 0 aromatic heterocycles. The zero-order chi connectivity index (χ0) is 14.9. The summed E-state index contributed by atoms with van der Waals surface area (Å²) in [4.78, 5) is 24.5. The maximum Gasteiger partial charge on any atom is 0.337 e. The molecule has 1 heterocycles. The Bertz CT molecular complexity index is 565. The summed E-state index contributed by atoms with van der Waals surface area (Å²) in [6.07, 6.45) is -0.0616. The van der Waals surface area contributed by atoms with Gasteiger partial charge in [-0.05, 0) is 18.6 Å². The number of carbonyl (C=O) groups excluding carboxylic acids is 1. The zero-order valence-corrected chi connectivity index (χ0v) is 11.8. The van der Waals surface area contributed by atoms with Crippen LogP contribution in [0.15, 0.2) is 12.1 Å². The summed E-state index contributed by atoms with van der Waals surface area (Å²) < 4.78 is 0. The molecule has 2 rings (SSSR count). The first-order valence-corrected chi connectivity index (χ1v) is 6.60. The molecule has 0 saturated carbocycles. The van der Waals surface area contributed by atoms with E-state index in [0.717, 1.165) is 0 Å². The molecule has 1 saturated heterocycles. The number of anilines is 1. The minimum atomic E-state index is -1.24. The van der Waals surface area contributed by atoms with Crippen LogP contribution in [-0.4, -0.2) is 46.3 Å². The Hall–Kier alpha value is -1.50. The summed E-state index contributed by atoms with van der Waals surface area (Å²) in [5.41, 5.74) is -0.189. The first-order valence-electron chi connectivity index (χ1n) is 5.85. The molecule has 1 aromatic rings. The van der Waals surface area contributed by atoms with Crippen LogP contribution < -0.4 is 5.32 Å². The zero-order valence-electron chi connectivity index (χ0n) is 10.3. The summed E-state index contributed by atoms with van der Waals surface area (Å²) in [6, 6.07) is 2.06. The van der Waals surface area contributed by atoms with E-state index in [1.807, 2.05) is 0 Å². The number of halogens is 2. The fourth-order valence-electron chi connectivity index (χ4n) is 1.98. The lowest BCUT2D eigenvalue weighted by Crippen LogP contribution is -2.34. The summed E-state index contributed by atoms with van der Waals surface area (Å²) in [5.74, 6) is -1.24. The van der Waals surface area contributed by atoms with Gasteiger partial charge in [0.15, 0.2) is 0 Å². The molecule has 1 aromatic carbocycles. The minimum absolute atomic E-state index is 0.00467. The van der Waals surface area contributed by atoms with Crippen LogP contribution in [0.3, 0.4) is 0 Å². The van der Waals surface area contributed by atoms with Crippen molar-refractivity contribution >= 4 is 40.9 Å². The Morgan fingerprint density at radius 2 is 2.05 bits per heavy atom. The SMILES string of the molecule is O=C(O)c1cc(Cl)cc(Cl)c1NC(=O)N1CCC(O)C1. The molecule has 2 amide bonds. The molecule has 0 radical (unpaired) electrons. The lowest BCUT2D eigenvalue weighted by molar-refractivity contribution is 0.0698. The number of benzene rings is 1. The first-order chi connectivity index (χ1) is 9.38. The molecule has 20 heavy (non-hydrogen) atoms. The molecule has 1 aliphatic heterocycles. The van der Waals surface area contributed by atoms with Crippen molar-refractivity contribution in [2.75, 3.05) is 18.4 Å². The largest absolute Gasteiger partial charge is 0.478 e. The molecule has 3 N–H and O–H groups in total. The van der Waals surface area contributed by atoms with Crippen molar-refractivity contribution in [3.63, 3.8) is 0 Å². The number of carboxylic acid groups (broad SMARTS) is 1. The average molecular weight is 319 g/mol. The maximum absolute atomic E-state index is 12.0. The number of aromatic carboxylic acids is 1. The van der Waals surface area contributed by atoms with Gasteiger partial charge in [-0.15, -0.1) is 0 Å². The van der Waals surface area contributed by atoms with Gasteiger partial charge in [0.1, 0.15) is 0 Å². The average Bonchev–Trinajstić information content (AvgIpc) is 2.78. The Kier molecular flexibility index (Phi) is 4.37. The van der Waals surface area contributed by atoms with E-state index in [-0.39, 0.29) is 27.8 Å². The number of nitrogens with zero attached hydrogens (tertiary/aromatic N) is 1. The van der Waals surface area contributed by atoms with Crippen molar-refractivity contribution < 1.29 is 19.8 Å². The van der Waals surface area contributed by atoms with Crippen LogP contribution in [0.5, 0.6) is 0 Å². The highest BCUT2D eigenvalue weighted by Crippen LogP contribution is 2.30. The predicted molar refractivity (Wildman–Crippen MR) is 74.6 cm³/mol. The van der Waals surface area contributed by atoms with E-state index < -0.39 is 18.1 Å². The van der Waals surface area contributed by atoms with Gasteiger partial charge in [0.25, 0.3) is 0 Å². The van der Waals surface area contributed by atoms with Gasteiger partial charge in [-0.1, -0.05) is 23.2 Å². The number of β-amino-alcohol motifs (C(OH)–C–C–N with tert-alkyl or cyclic N) is 1. The molecule has 0 aliphatic carbocycles. The quantitative estimate of drug-likeness (QED) is 0.780. The summed E-state index contributed by atoms with van der Waals surface area (Å²) in [5, 5.41) is 21.2. The Labute approximate surface area is 124 Å². The molecule has 1 fully saturated rings. The standard InChI is InChI=1S/C12H12Cl2N2O4/c13-6-3-8(11(18)19)10(9(14)4-6)15-12(20)16-2-1-7(17)5-16/h3-4,7,17H,1-2,5H2,(H,15,20)(H,18,19). The maximum atomic E-state index is 12.0. The summed E-state index contributed by atoms with van der Waals surface area (Å²) >= 11 is 11.7. The van der Waals surface area contributed by atoms with Gasteiger partial charge in [-0.25, -0.2) is 9.59 Å². The van der Waals surface area contributed by atoms with Crippen LogP contribution in [0, 0.1) is 0 Å². The Morgan fingerprint density at radius 3 is 2.60 bits per heavy atom. The number of carbonyl (C=O) groups is 2. The highest BCUT2D eigenvalue weighted by Gasteiger charge is 2.26. The highest BCUT2D eigenvalue weighted by atomic mass is 35.5. The molecule has 6 nitrogen and oxygen atoms in total. The van der Waals surface area contributed by atoms with E-state index in [2.05, 4.69) is 5.32 Å². The van der Waals surface area contributed by atoms with Crippen LogP contribution in [0.4, 0.5) is 10.5 Å². The van der Waals surface area contributed by atoms with E-state index in [1.54, 1.807) is 0 Å². The second-order valence-electron chi connectivity index (χ2n) is 4.43. The molecule has 1 atom stereocenters. The Balaban J connectivity index is 2.24. The van der Waals surface area contributed by atoms with Gasteiger partial charge in [-0.2, -0.15) is 0 Å². The van der Waals surface area contributed by atoms with Crippen LogP contribution in [0.1, 0.15) is 16.8 Å². The monoisotopic (exact) mass is 318 g/mol. The molecule has 0 spiro atoms. The number of nitrogens with one attached hydrogen (secondary N) is 1. The molecule has 1 unspecified atom stereocenters. The fraction of sp³-hybridized carbons (Fsp3) is 0.333. The van der Waals surface area contributed by atoms with E-state index >= 15 is 0 Å². The topological polar surface area (TPSA) is 89.9 Å². The number of carboxylic acids is 1. The van der Waals surface area contributed by atoms with E-state index in [1.165, 1.54) is 17.0 Å². The van der Waals surface area contributed by atoms with Crippen LogP contribution in [0.25, 0.3) is 0 Å². The fourth-order valence-corrected chi connectivity index (χ4v) is 2.52. The van der Waals surface area contributed by atoms with Crippen molar-refractivity contribution in [2.45, 2.75) is 12.5 Å². The number of hydrogen-bond donors (Lipinski definition) is 3. The number of rotatable bonds is 2. The number of aliphatic hydroxyl groups excluding tert-OH is 1. The smallest absolute Gasteiger partial charge is 0.337 e. The van der Waals surface area contributed by atoms with Crippen molar-refractivity contribution in [1.82, 2.24) is 4.90 Å². The number of aliphatic hydroxyl groups is 1. The second-order valence-corrected chi connectivity index (χ2v) is 5.28. The van der Waals surface area contributed by atoms with Gasteiger partial charge < -0.3 is 20.4 Å². The third-order valence-corrected chi connectivity index (χ3v) is 3.48. The second kappa shape index (κ2) is 5.87. The molecular formula is C12H12Cl2N2O4. The van der Waals surface area contributed by atoms with Crippen molar-refractivity contribution in [1.29, 1.82) is 0 Å². The van der Waals surface area contributed by atoms with Crippen LogP contribution in [0.2, 0.25) is 10.0 Å². The number of urea groups is 1. The summed E-state index contributed by atoms with van der Waals surface area (Å²) in [6.45, 7) is 0.611. The molecular weight excluding hydrogens is 307 g/mol. The lowest BCUT2D eigenvalue weighted by atomic mass is 10.2. The summed E-state index contributed by atoms with van der Waals surface area (Å²) in [7, 11) is 0.